The molecule has 3 N–H and O–H groups in total. The number of rotatable bonds is 7. The smallest absolute Gasteiger partial charge is 0.326 e. The minimum absolute atomic E-state index is 0. The number of carboxylic acids is 1. The molecule has 2 aromatic carbocycles. The van der Waals surface area contributed by atoms with E-state index in [9.17, 15) is 19.8 Å². The maximum absolute atomic E-state index is 12.1. The van der Waals surface area contributed by atoms with E-state index in [0.717, 1.165) is 5.56 Å². The SMILES string of the molecule is C=C(C(C)C)N(C)C.Cl.O=C(N[C@@H](Cc1ccccc1)C(=O)O)c1cc(Cl)ccc1O.[HH]. The van der Waals surface area contributed by atoms with Gasteiger partial charge in [-0.15, -0.1) is 12.4 Å². The normalized spacial score (nSPS) is 10.8. The Kier molecular flexibility index (Phi) is 12.4. The van der Waals surface area contributed by atoms with Crippen LogP contribution in [0.15, 0.2) is 60.8 Å². The predicted molar refractivity (Wildman–Crippen MR) is 129 cm³/mol. The highest BCUT2D eigenvalue weighted by atomic mass is 35.5. The first kappa shape index (κ1) is 28.3. The van der Waals surface area contributed by atoms with Crippen LogP contribution in [0.25, 0.3) is 0 Å². The van der Waals surface area contributed by atoms with E-state index in [1.54, 1.807) is 24.3 Å². The number of hydrogen-bond donors (Lipinski definition) is 3. The molecule has 0 bridgehead atoms. The number of hydrogen-bond acceptors (Lipinski definition) is 4. The van der Waals surface area contributed by atoms with Gasteiger partial charge in [0.05, 0.1) is 5.56 Å². The van der Waals surface area contributed by atoms with Crippen molar-refractivity contribution in [2.75, 3.05) is 14.1 Å². The summed E-state index contributed by atoms with van der Waals surface area (Å²) in [5, 5.41) is 21.6. The highest BCUT2D eigenvalue weighted by Gasteiger charge is 2.22. The van der Waals surface area contributed by atoms with Crippen molar-refractivity contribution in [2.24, 2.45) is 5.92 Å². The zero-order valence-corrected chi connectivity index (χ0v) is 19.7. The van der Waals surface area contributed by atoms with Crippen molar-refractivity contribution in [3.8, 4) is 5.75 Å². The Morgan fingerprint density at radius 1 is 1.16 bits per heavy atom. The van der Waals surface area contributed by atoms with Crippen molar-refractivity contribution >= 4 is 35.9 Å². The number of carbonyl (C=O) groups excluding carboxylic acids is 1. The quantitative estimate of drug-likeness (QED) is 0.537. The second-order valence-electron chi connectivity index (χ2n) is 7.26. The molecule has 1 amide bonds. The third-order valence-corrected chi connectivity index (χ3v) is 4.57. The summed E-state index contributed by atoms with van der Waals surface area (Å²) in [6, 6.07) is 11.9. The van der Waals surface area contributed by atoms with Crippen molar-refractivity contribution in [2.45, 2.75) is 26.3 Å². The number of aliphatic carboxylic acids is 1. The Bertz CT molecular complexity index is 868. The number of allylic oxidation sites excluding steroid dienone is 1. The van der Waals surface area contributed by atoms with E-state index < -0.39 is 17.9 Å². The van der Waals surface area contributed by atoms with E-state index in [0.29, 0.717) is 5.92 Å². The zero-order valence-electron chi connectivity index (χ0n) is 18.1. The molecule has 0 saturated heterocycles. The van der Waals surface area contributed by atoms with Gasteiger partial charge in [0.2, 0.25) is 0 Å². The van der Waals surface area contributed by atoms with Crippen LogP contribution in [-0.4, -0.2) is 47.1 Å². The van der Waals surface area contributed by atoms with Crippen LogP contribution in [0.5, 0.6) is 5.75 Å². The molecule has 31 heavy (non-hydrogen) atoms. The number of carbonyl (C=O) groups is 2. The van der Waals surface area contributed by atoms with Crippen LogP contribution < -0.4 is 5.32 Å². The molecule has 6 nitrogen and oxygen atoms in total. The van der Waals surface area contributed by atoms with Gasteiger partial charge in [-0.25, -0.2) is 4.79 Å². The summed E-state index contributed by atoms with van der Waals surface area (Å²) in [6.45, 7) is 8.16. The molecule has 0 heterocycles. The Morgan fingerprint density at radius 2 is 1.74 bits per heavy atom. The highest BCUT2D eigenvalue weighted by molar-refractivity contribution is 6.31. The van der Waals surface area contributed by atoms with Gasteiger partial charge in [-0.2, -0.15) is 0 Å². The van der Waals surface area contributed by atoms with Gasteiger partial charge in [0.1, 0.15) is 11.8 Å². The van der Waals surface area contributed by atoms with Crippen LogP contribution in [0.1, 0.15) is 31.2 Å². The summed E-state index contributed by atoms with van der Waals surface area (Å²) >= 11 is 5.78. The van der Waals surface area contributed by atoms with Crippen LogP contribution in [0.3, 0.4) is 0 Å². The van der Waals surface area contributed by atoms with Crippen LogP contribution in [0, 0.1) is 5.92 Å². The van der Waals surface area contributed by atoms with E-state index in [-0.39, 0.29) is 36.6 Å². The number of carboxylic acid groups (broad SMARTS) is 1. The molecule has 0 aliphatic rings. The van der Waals surface area contributed by atoms with Crippen LogP contribution in [-0.2, 0) is 11.2 Å². The molecule has 2 aromatic rings. The summed E-state index contributed by atoms with van der Waals surface area (Å²) in [5.74, 6) is -1.53. The minimum atomic E-state index is -1.15. The second-order valence-corrected chi connectivity index (χ2v) is 7.69. The van der Waals surface area contributed by atoms with Crippen molar-refractivity contribution in [1.29, 1.82) is 0 Å². The van der Waals surface area contributed by atoms with Gasteiger partial charge in [0, 0.05) is 32.7 Å². The second kappa shape index (κ2) is 13.6. The fourth-order valence-electron chi connectivity index (χ4n) is 2.49. The summed E-state index contributed by atoms with van der Waals surface area (Å²) in [4.78, 5) is 25.5. The average molecular weight is 471 g/mol. The Hall–Kier alpha value is -2.70. The Balaban J connectivity index is 0. The largest absolute Gasteiger partial charge is 0.507 e. The number of phenolic OH excluding ortho intramolecular Hbond substituents is 1. The lowest BCUT2D eigenvalue weighted by molar-refractivity contribution is -0.139. The van der Waals surface area contributed by atoms with Gasteiger partial charge in [-0.05, 0) is 29.7 Å². The molecular formula is C23H32Cl2N2O4. The first-order valence-electron chi connectivity index (χ1n) is 9.45. The summed E-state index contributed by atoms with van der Waals surface area (Å²) < 4.78 is 0. The van der Waals surface area contributed by atoms with E-state index in [1.165, 1.54) is 23.9 Å². The summed E-state index contributed by atoms with van der Waals surface area (Å²) in [5.41, 5.74) is 1.90. The summed E-state index contributed by atoms with van der Waals surface area (Å²) in [6.07, 6.45) is 0.142. The van der Waals surface area contributed by atoms with Crippen LogP contribution in [0.4, 0.5) is 0 Å². The zero-order chi connectivity index (χ0) is 22.8. The number of halogens is 2. The average Bonchev–Trinajstić information content (AvgIpc) is 2.69. The Morgan fingerprint density at radius 3 is 2.19 bits per heavy atom. The van der Waals surface area contributed by atoms with E-state index in [4.69, 9.17) is 11.6 Å². The summed E-state index contributed by atoms with van der Waals surface area (Å²) in [7, 11) is 4.03. The van der Waals surface area contributed by atoms with Gasteiger partial charge in [0.15, 0.2) is 0 Å². The van der Waals surface area contributed by atoms with Crippen molar-refractivity contribution in [3.63, 3.8) is 0 Å². The highest BCUT2D eigenvalue weighted by Crippen LogP contribution is 2.21. The Labute approximate surface area is 196 Å². The molecule has 2 rings (SSSR count). The lowest BCUT2D eigenvalue weighted by Crippen LogP contribution is -2.42. The van der Waals surface area contributed by atoms with E-state index >= 15 is 0 Å². The minimum Gasteiger partial charge on any atom is -0.507 e. The molecule has 0 aromatic heterocycles. The van der Waals surface area contributed by atoms with Gasteiger partial charge in [0.25, 0.3) is 5.91 Å². The number of nitrogens with one attached hydrogen (secondary N) is 1. The molecule has 0 fully saturated rings. The lowest BCUT2D eigenvalue weighted by atomic mass is 10.1. The number of amides is 1. The maximum atomic E-state index is 12.1. The van der Waals surface area contributed by atoms with Crippen LogP contribution >= 0.6 is 24.0 Å². The number of aromatic hydroxyl groups is 1. The van der Waals surface area contributed by atoms with Crippen molar-refractivity contribution < 1.29 is 21.2 Å². The molecule has 0 unspecified atom stereocenters. The topological polar surface area (TPSA) is 89.9 Å². The molecular weight excluding hydrogens is 439 g/mol. The maximum Gasteiger partial charge on any atom is 0.326 e. The number of phenols is 1. The first-order valence-corrected chi connectivity index (χ1v) is 9.83. The predicted octanol–water partition coefficient (Wildman–Crippen LogP) is 4.86. The number of benzene rings is 2. The molecule has 1 atom stereocenters. The molecule has 0 saturated carbocycles. The standard InChI is InChI=1S/C16H14ClNO4.C7H15N.ClH.H2/c17-11-6-7-14(19)12(9-11)15(20)18-13(16(21)22)8-10-4-2-1-3-5-10;1-6(2)7(3)8(4)5;;/h1-7,9,13,19H,8H2,(H,18,20)(H,21,22);6H,3H2,1-2,4-5H3;2*1H/t13-;;;/m0.../s1. The van der Waals surface area contributed by atoms with Gasteiger partial charge in [-0.3, -0.25) is 4.79 Å². The van der Waals surface area contributed by atoms with Crippen molar-refractivity contribution in [1.82, 2.24) is 10.2 Å². The van der Waals surface area contributed by atoms with Crippen LogP contribution in [0.2, 0.25) is 5.02 Å². The fourth-order valence-corrected chi connectivity index (χ4v) is 2.66. The third-order valence-electron chi connectivity index (χ3n) is 4.33. The molecule has 0 aliphatic carbocycles. The van der Waals surface area contributed by atoms with Gasteiger partial charge in [-0.1, -0.05) is 62.4 Å². The third kappa shape index (κ3) is 9.77. The monoisotopic (exact) mass is 470 g/mol. The molecule has 8 heteroatoms. The van der Waals surface area contributed by atoms with Gasteiger partial charge >= 0.3 is 5.97 Å². The first-order chi connectivity index (χ1) is 14.0. The fraction of sp³-hybridized carbons (Fsp3) is 0.304. The molecule has 0 aliphatic heterocycles. The van der Waals surface area contributed by atoms with E-state index in [2.05, 4.69) is 25.7 Å². The molecule has 0 radical (unpaired) electrons. The molecule has 172 valence electrons. The number of nitrogens with zero attached hydrogens (tertiary/aromatic N) is 1. The lowest BCUT2D eigenvalue weighted by Gasteiger charge is -2.18. The molecule has 0 spiro atoms. The van der Waals surface area contributed by atoms with Crippen molar-refractivity contribution in [3.05, 3.63) is 77.0 Å². The van der Waals surface area contributed by atoms with E-state index in [1.807, 2.05) is 25.1 Å². The van der Waals surface area contributed by atoms with Gasteiger partial charge < -0.3 is 20.4 Å².